The quantitative estimate of drug-likeness (QED) is 0.499. The van der Waals surface area contributed by atoms with Crippen molar-refractivity contribution in [1.82, 2.24) is 0 Å². The van der Waals surface area contributed by atoms with Crippen LogP contribution in [-0.2, 0) is 4.43 Å². The minimum Gasteiger partial charge on any atom is -0.403 e. The summed E-state index contributed by atoms with van der Waals surface area (Å²) in [6.45, 7) is 13.2. The van der Waals surface area contributed by atoms with E-state index in [-0.39, 0.29) is 11.1 Å². The number of terminal acetylenes is 1. The van der Waals surface area contributed by atoms with Gasteiger partial charge in [-0.05, 0) is 24.6 Å². The molecule has 0 saturated heterocycles. The van der Waals surface area contributed by atoms with E-state index in [1.807, 2.05) is 0 Å². The van der Waals surface area contributed by atoms with Crippen molar-refractivity contribution >= 4 is 8.32 Å². The molecule has 0 unspecified atom stereocenters. The first-order valence-corrected chi connectivity index (χ1v) is 7.79. The Bertz CT molecular complexity index is 195. The topological polar surface area (TPSA) is 9.23 Å². The molecule has 0 aliphatic carbocycles. The molecule has 76 valence electrons. The summed E-state index contributed by atoms with van der Waals surface area (Å²) in [5.74, 6) is 2.69. The molecule has 2 heteroatoms. The van der Waals surface area contributed by atoms with Gasteiger partial charge in [-0.3, -0.25) is 0 Å². The molecule has 0 amide bonds. The van der Waals surface area contributed by atoms with Crippen LogP contribution in [0.4, 0.5) is 0 Å². The summed E-state index contributed by atoms with van der Waals surface area (Å²) in [6, 6.07) is 0. The fraction of sp³-hybridized carbons (Fsp3) is 0.818. The van der Waals surface area contributed by atoms with Crippen LogP contribution in [0.25, 0.3) is 0 Å². The summed E-state index contributed by atoms with van der Waals surface area (Å²) >= 11 is 0. The molecule has 0 heterocycles. The Balaban J connectivity index is 4.43. The van der Waals surface area contributed by atoms with E-state index in [1.165, 1.54) is 0 Å². The molecule has 0 rings (SSSR count). The van der Waals surface area contributed by atoms with Crippen molar-refractivity contribution in [2.45, 2.75) is 58.4 Å². The Labute approximate surface area is 84.0 Å². The molecule has 0 spiro atoms. The van der Waals surface area contributed by atoms with Crippen molar-refractivity contribution in [3.05, 3.63) is 0 Å². The average Bonchev–Trinajstić information content (AvgIpc) is 1.98. The molecule has 0 aromatic carbocycles. The van der Waals surface area contributed by atoms with Crippen LogP contribution in [0.2, 0.25) is 18.1 Å². The fourth-order valence-corrected chi connectivity index (χ4v) is 2.07. The lowest BCUT2D eigenvalue weighted by molar-refractivity contribution is 0.229. The van der Waals surface area contributed by atoms with E-state index in [2.05, 4.69) is 46.7 Å². The molecule has 0 aliphatic rings. The van der Waals surface area contributed by atoms with Gasteiger partial charge in [0.2, 0.25) is 0 Å². The van der Waals surface area contributed by atoms with Gasteiger partial charge in [-0.2, -0.15) is 0 Å². The molecular weight excluding hydrogens is 176 g/mol. The third kappa shape index (κ3) is 3.54. The Morgan fingerprint density at radius 1 is 1.38 bits per heavy atom. The monoisotopic (exact) mass is 198 g/mol. The van der Waals surface area contributed by atoms with Crippen molar-refractivity contribution in [2.75, 3.05) is 0 Å². The SMILES string of the molecule is C#C[C@@H](CC)O[Si](C)(C)C(C)(C)C. The van der Waals surface area contributed by atoms with Gasteiger partial charge in [-0.25, -0.2) is 0 Å². The van der Waals surface area contributed by atoms with Gasteiger partial charge in [-0.1, -0.05) is 33.6 Å². The smallest absolute Gasteiger partial charge is 0.193 e. The lowest BCUT2D eigenvalue weighted by Gasteiger charge is -2.37. The highest BCUT2D eigenvalue weighted by atomic mass is 28.4. The number of rotatable bonds is 3. The van der Waals surface area contributed by atoms with Gasteiger partial charge >= 0.3 is 0 Å². The Morgan fingerprint density at radius 2 is 1.85 bits per heavy atom. The zero-order valence-electron chi connectivity index (χ0n) is 9.77. The van der Waals surface area contributed by atoms with Gasteiger partial charge in [0.1, 0.15) is 6.10 Å². The van der Waals surface area contributed by atoms with E-state index in [4.69, 9.17) is 10.8 Å². The van der Waals surface area contributed by atoms with Crippen molar-refractivity contribution < 1.29 is 4.43 Å². The fourth-order valence-electron chi connectivity index (χ4n) is 0.768. The normalized spacial score (nSPS) is 15.2. The predicted octanol–water partition coefficient (Wildman–Crippen LogP) is 3.42. The third-order valence-corrected chi connectivity index (χ3v) is 7.29. The first kappa shape index (κ1) is 12.7. The Morgan fingerprint density at radius 3 is 2.08 bits per heavy atom. The van der Waals surface area contributed by atoms with Crippen LogP contribution in [0.3, 0.4) is 0 Å². The van der Waals surface area contributed by atoms with Crippen LogP contribution in [0.5, 0.6) is 0 Å². The van der Waals surface area contributed by atoms with Crippen LogP contribution in [-0.4, -0.2) is 14.4 Å². The maximum Gasteiger partial charge on any atom is 0.193 e. The van der Waals surface area contributed by atoms with Gasteiger partial charge in [0, 0.05) is 0 Å². The van der Waals surface area contributed by atoms with Gasteiger partial charge in [0.15, 0.2) is 8.32 Å². The summed E-state index contributed by atoms with van der Waals surface area (Å²) in [5.41, 5.74) is 0. The molecule has 13 heavy (non-hydrogen) atoms. The van der Waals surface area contributed by atoms with Crippen molar-refractivity contribution in [1.29, 1.82) is 0 Å². The van der Waals surface area contributed by atoms with Crippen molar-refractivity contribution in [2.24, 2.45) is 0 Å². The van der Waals surface area contributed by atoms with Gasteiger partial charge in [0.25, 0.3) is 0 Å². The molecular formula is C11H22OSi. The van der Waals surface area contributed by atoms with Crippen LogP contribution in [0.15, 0.2) is 0 Å². The highest BCUT2D eigenvalue weighted by Gasteiger charge is 2.38. The van der Waals surface area contributed by atoms with E-state index in [0.717, 1.165) is 6.42 Å². The summed E-state index contributed by atoms with van der Waals surface area (Å²) in [6.07, 6.45) is 6.29. The summed E-state index contributed by atoms with van der Waals surface area (Å²) in [5, 5.41) is 0.247. The lowest BCUT2D eigenvalue weighted by atomic mass is 10.2. The largest absolute Gasteiger partial charge is 0.403 e. The van der Waals surface area contributed by atoms with E-state index in [0.29, 0.717) is 0 Å². The summed E-state index contributed by atoms with van der Waals surface area (Å²) in [7, 11) is -1.65. The van der Waals surface area contributed by atoms with Crippen molar-refractivity contribution in [3.63, 3.8) is 0 Å². The lowest BCUT2D eigenvalue weighted by Crippen LogP contribution is -2.43. The second kappa shape index (κ2) is 4.30. The Kier molecular flexibility index (Phi) is 4.21. The molecule has 0 aliphatic heterocycles. The van der Waals surface area contributed by atoms with Crippen LogP contribution < -0.4 is 0 Å². The van der Waals surface area contributed by atoms with E-state index < -0.39 is 8.32 Å². The van der Waals surface area contributed by atoms with E-state index in [1.54, 1.807) is 0 Å². The molecule has 0 fully saturated rings. The molecule has 0 aromatic heterocycles. The molecule has 1 atom stereocenters. The first-order valence-electron chi connectivity index (χ1n) is 4.88. The summed E-state index contributed by atoms with van der Waals surface area (Å²) in [4.78, 5) is 0. The number of hydrogen-bond donors (Lipinski definition) is 0. The average molecular weight is 198 g/mol. The maximum absolute atomic E-state index is 6.00. The van der Waals surface area contributed by atoms with Gasteiger partial charge < -0.3 is 4.43 Å². The highest BCUT2D eigenvalue weighted by molar-refractivity contribution is 6.74. The maximum atomic E-state index is 6.00. The number of hydrogen-bond acceptors (Lipinski definition) is 1. The van der Waals surface area contributed by atoms with Gasteiger partial charge in [-0.15, -0.1) is 6.42 Å². The second-order valence-electron chi connectivity index (χ2n) is 4.94. The highest BCUT2D eigenvalue weighted by Crippen LogP contribution is 2.37. The van der Waals surface area contributed by atoms with Gasteiger partial charge in [0.05, 0.1) is 0 Å². The van der Waals surface area contributed by atoms with Crippen LogP contribution in [0.1, 0.15) is 34.1 Å². The molecule has 0 saturated carbocycles. The Hall–Kier alpha value is -0.263. The van der Waals surface area contributed by atoms with E-state index in [9.17, 15) is 0 Å². The van der Waals surface area contributed by atoms with Crippen LogP contribution >= 0.6 is 0 Å². The minimum absolute atomic E-state index is 0.000826. The molecule has 1 nitrogen and oxygen atoms in total. The first-order chi connectivity index (χ1) is 5.74. The second-order valence-corrected chi connectivity index (χ2v) is 9.70. The van der Waals surface area contributed by atoms with Crippen molar-refractivity contribution in [3.8, 4) is 12.3 Å². The van der Waals surface area contributed by atoms with Crippen LogP contribution in [0, 0.1) is 12.3 Å². The zero-order chi connectivity index (χ0) is 10.7. The third-order valence-electron chi connectivity index (χ3n) is 2.80. The molecule has 0 bridgehead atoms. The zero-order valence-corrected chi connectivity index (χ0v) is 10.8. The predicted molar refractivity (Wildman–Crippen MR) is 61.2 cm³/mol. The molecule has 0 radical (unpaired) electrons. The van der Waals surface area contributed by atoms with E-state index >= 15 is 0 Å². The molecule has 0 aromatic rings. The minimum atomic E-state index is -1.65. The molecule has 0 N–H and O–H groups in total. The standard InChI is InChI=1S/C11H22OSi/c1-8-10(9-2)12-13(6,7)11(3,4)5/h1,10H,9H2,2-7H3/t10-/m0/s1. The summed E-state index contributed by atoms with van der Waals surface area (Å²) < 4.78 is 6.00.